The van der Waals surface area contributed by atoms with Gasteiger partial charge in [-0.05, 0) is 50.7 Å². The van der Waals surface area contributed by atoms with Crippen LogP contribution < -0.4 is 5.32 Å². The predicted molar refractivity (Wildman–Crippen MR) is 107 cm³/mol. The second-order valence-corrected chi connectivity index (χ2v) is 8.04. The molecule has 1 atom stereocenters. The zero-order valence-corrected chi connectivity index (χ0v) is 16.9. The molecule has 1 aliphatic rings. The van der Waals surface area contributed by atoms with E-state index in [2.05, 4.69) is 12.2 Å². The van der Waals surface area contributed by atoms with Crippen molar-refractivity contribution in [3.8, 4) is 0 Å². The average Bonchev–Trinajstić information content (AvgIpc) is 2.98. The number of hydrogen-bond donors (Lipinski definition) is 1. The second-order valence-electron chi connectivity index (χ2n) is 6.94. The molecule has 1 aromatic heterocycles. The summed E-state index contributed by atoms with van der Waals surface area (Å²) in [6.07, 6.45) is 2.61. The van der Waals surface area contributed by atoms with Crippen molar-refractivity contribution in [2.45, 2.75) is 40.0 Å². The van der Waals surface area contributed by atoms with E-state index >= 15 is 0 Å². The van der Waals surface area contributed by atoms with Crippen LogP contribution in [0.2, 0.25) is 0 Å². The molecule has 0 aliphatic heterocycles. The second kappa shape index (κ2) is 8.10. The molecular formula is C20H22N2O5S. The van der Waals surface area contributed by atoms with Crippen LogP contribution >= 0.6 is 11.3 Å². The van der Waals surface area contributed by atoms with Gasteiger partial charge in [-0.15, -0.1) is 11.3 Å². The summed E-state index contributed by atoms with van der Waals surface area (Å²) in [7, 11) is 0. The minimum absolute atomic E-state index is 0.113. The summed E-state index contributed by atoms with van der Waals surface area (Å²) in [4.78, 5) is 37.1. The molecule has 28 heavy (non-hydrogen) atoms. The van der Waals surface area contributed by atoms with E-state index in [0.717, 1.165) is 29.7 Å². The van der Waals surface area contributed by atoms with Gasteiger partial charge in [0.2, 0.25) is 0 Å². The quantitative estimate of drug-likeness (QED) is 0.450. The number of hydrogen-bond acceptors (Lipinski definition) is 6. The summed E-state index contributed by atoms with van der Waals surface area (Å²) in [5, 5.41) is 14.4. The number of carbonyl (C=O) groups is 2. The first-order valence-electron chi connectivity index (χ1n) is 9.20. The van der Waals surface area contributed by atoms with Crippen molar-refractivity contribution in [3.05, 3.63) is 55.4 Å². The molecule has 1 aliphatic carbocycles. The fourth-order valence-electron chi connectivity index (χ4n) is 3.50. The van der Waals surface area contributed by atoms with Crippen LogP contribution in [0, 0.1) is 23.0 Å². The van der Waals surface area contributed by atoms with Crippen LogP contribution in [0.4, 0.5) is 10.7 Å². The Morgan fingerprint density at radius 3 is 2.82 bits per heavy atom. The zero-order chi connectivity index (χ0) is 20.4. The first-order valence-corrected chi connectivity index (χ1v) is 10.0. The zero-order valence-electron chi connectivity index (χ0n) is 16.0. The normalized spacial score (nSPS) is 15.6. The molecule has 0 spiro atoms. The molecule has 1 aromatic carbocycles. The molecule has 8 heteroatoms. The van der Waals surface area contributed by atoms with Gasteiger partial charge in [-0.2, -0.15) is 0 Å². The Morgan fingerprint density at radius 2 is 2.14 bits per heavy atom. The molecule has 0 fully saturated rings. The Balaban J connectivity index is 1.98. The highest BCUT2D eigenvalue weighted by molar-refractivity contribution is 7.17. The lowest BCUT2D eigenvalue weighted by atomic mass is 9.88. The molecule has 1 amide bonds. The Morgan fingerprint density at radius 1 is 1.39 bits per heavy atom. The number of ether oxygens (including phenoxy) is 1. The maximum atomic E-state index is 12.8. The molecule has 0 saturated carbocycles. The minimum atomic E-state index is -0.513. The van der Waals surface area contributed by atoms with Crippen LogP contribution in [0.15, 0.2) is 18.2 Å². The molecule has 7 nitrogen and oxygen atoms in total. The lowest BCUT2D eigenvalue weighted by Gasteiger charge is -2.18. The highest BCUT2D eigenvalue weighted by Gasteiger charge is 2.29. The number of nitrogens with zero attached hydrogens (tertiary/aromatic N) is 1. The van der Waals surface area contributed by atoms with Crippen molar-refractivity contribution >= 4 is 33.9 Å². The van der Waals surface area contributed by atoms with Crippen LogP contribution in [-0.4, -0.2) is 23.4 Å². The van der Waals surface area contributed by atoms with Gasteiger partial charge in [0.1, 0.15) is 5.00 Å². The van der Waals surface area contributed by atoms with E-state index in [1.165, 1.54) is 29.5 Å². The summed E-state index contributed by atoms with van der Waals surface area (Å²) in [5.41, 5.74) is 1.76. The molecule has 1 unspecified atom stereocenters. The molecular weight excluding hydrogens is 380 g/mol. The average molecular weight is 402 g/mol. The number of nitro benzene ring substituents is 1. The van der Waals surface area contributed by atoms with E-state index in [-0.39, 0.29) is 23.4 Å². The molecule has 0 saturated heterocycles. The topological polar surface area (TPSA) is 98.5 Å². The third-order valence-electron chi connectivity index (χ3n) is 4.96. The van der Waals surface area contributed by atoms with Gasteiger partial charge in [0.05, 0.1) is 17.1 Å². The van der Waals surface area contributed by atoms with E-state index in [1.807, 2.05) is 0 Å². The smallest absolute Gasteiger partial charge is 0.341 e. The van der Waals surface area contributed by atoms with Crippen LogP contribution in [0.1, 0.15) is 57.0 Å². The lowest BCUT2D eigenvalue weighted by Crippen LogP contribution is -2.17. The Bertz CT molecular complexity index is 950. The fraction of sp³-hybridized carbons (Fsp3) is 0.400. The number of anilines is 1. The summed E-state index contributed by atoms with van der Waals surface area (Å²) in [6.45, 7) is 5.69. The van der Waals surface area contributed by atoms with E-state index < -0.39 is 16.8 Å². The van der Waals surface area contributed by atoms with E-state index in [1.54, 1.807) is 13.8 Å². The van der Waals surface area contributed by atoms with E-state index in [4.69, 9.17) is 4.74 Å². The molecule has 1 N–H and O–H groups in total. The number of fused-ring (bicyclic) bond motifs is 1. The molecule has 1 heterocycles. The SMILES string of the molecule is CCOC(=O)c1c(NC(=O)c2cccc([N+](=O)[O-])c2C)sc2c1CCC(C)C2. The van der Waals surface area contributed by atoms with Crippen molar-refractivity contribution in [2.24, 2.45) is 5.92 Å². The van der Waals surface area contributed by atoms with Crippen molar-refractivity contribution in [1.29, 1.82) is 0 Å². The highest BCUT2D eigenvalue weighted by atomic mass is 32.1. The molecule has 3 rings (SSSR count). The standard InChI is InChI=1S/C20H22N2O5S/c1-4-27-20(24)17-14-9-8-11(2)10-16(14)28-19(17)21-18(23)13-6-5-7-15(12(13)3)22(25)26/h5-7,11H,4,8-10H2,1-3H3,(H,21,23). The van der Waals surface area contributed by atoms with Gasteiger partial charge in [0, 0.05) is 22.1 Å². The number of amides is 1. The minimum Gasteiger partial charge on any atom is -0.462 e. The fourth-order valence-corrected chi connectivity index (χ4v) is 4.89. The third kappa shape index (κ3) is 3.77. The van der Waals surface area contributed by atoms with Gasteiger partial charge in [-0.1, -0.05) is 13.0 Å². The molecule has 2 aromatic rings. The van der Waals surface area contributed by atoms with Crippen molar-refractivity contribution in [2.75, 3.05) is 11.9 Å². The number of carbonyl (C=O) groups excluding carboxylic acids is 2. The van der Waals surface area contributed by atoms with Gasteiger partial charge in [0.25, 0.3) is 11.6 Å². The summed E-state index contributed by atoms with van der Waals surface area (Å²) < 4.78 is 5.21. The van der Waals surface area contributed by atoms with Crippen LogP contribution in [0.25, 0.3) is 0 Å². The van der Waals surface area contributed by atoms with Crippen LogP contribution in [0.3, 0.4) is 0 Å². The maximum Gasteiger partial charge on any atom is 0.341 e. The van der Waals surface area contributed by atoms with Crippen molar-refractivity contribution in [3.63, 3.8) is 0 Å². The summed E-state index contributed by atoms with van der Waals surface area (Å²) in [5.74, 6) is -0.400. The van der Waals surface area contributed by atoms with E-state index in [0.29, 0.717) is 16.5 Å². The number of esters is 1. The first kappa shape index (κ1) is 20.0. The largest absolute Gasteiger partial charge is 0.462 e. The van der Waals surface area contributed by atoms with Crippen molar-refractivity contribution < 1.29 is 19.2 Å². The summed E-state index contributed by atoms with van der Waals surface area (Å²) >= 11 is 1.39. The summed E-state index contributed by atoms with van der Waals surface area (Å²) in [6, 6.07) is 4.38. The van der Waals surface area contributed by atoms with Gasteiger partial charge < -0.3 is 10.1 Å². The Labute approximate surface area is 166 Å². The first-order chi connectivity index (χ1) is 13.3. The number of benzene rings is 1. The van der Waals surface area contributed by atoms with Crippen LogP contribution in [0.5, 0.6) is 0 Å². The number of thiophene rings is 1. The highest BCUT2D eigenvalue weighted by Crippen LogP contribution is 2.40. The number of nitro groups is 1. The van der Waals surface area contributed by atoms with Gasteiger partial charge in [-0.3, -0.25) is 14.9 Å². The molecule has 0 radical (unpaired) electrons. The van der Waals surface area contributed by atoms with Crippen molar-refractivity contribution in [1.82, 2.24) is 0 Å². The molecule has 148 valence electrons. The molecule has 0 bridgehead atoms. The van der Waals surface area contributed by atoms with Gasteiger partial charge >= 0.3 is 5.97 Å². The van der Waals surface area contributed by atoms with Gasteiger partial charge in [0.15, 0.2) is 0 Å². The Hall–Kier alpha value is -2.74. The number of rotatable bonds is 5. The number of nitrogens with one attached hydrogen (secondary N) is 1. The predicted octanol–water partition coefficient (Wildman–Crippen LogP) is 4.52. The Kier molecular flexibility index (Phi) is 5.79. The maximum absolute atomic E-state index is 12.8. The third-order valence-corrected chi connectivity index (χ3v) is 6.13. The van der Waals surface area contributed by atoms with Crippen LogP contribution in [-0.2, 0) is 17.6 Å². The monoisotopic (exact) mass is 402 g/mol. The van der Waals surface area contributed by atoms with Gasteiger partial charge in [-0.25, -0.2) is 4.79 Å². The van der Waals surface area contributed by atoms with E-state index in [9.17, 15) is 19.7 Å². The lowest BCUT2D eigenvalue weighted by molar-refractivity contribution is -0.385.